The number of esters is 1. The third-order valence-electron chi connectivity index (χ3n) is 2.98. The van der Waals surface area contributed by atoms with Gasteiger partial charge in [0.2, 0.25) is 5.91 Å². The Kier molecular flexibility index (Phi) is 8.98. The molecular formula is C15H19ClN2O8S. The Labute approximate surface area is 161 Å². The summed E-state index contributed by atoms with van der Waals surface area (Å²) in [6, 6.07) is 7.03. The number of halogens is 1. The van der Waals surface area contributed by atoms with Crippen LogP contribution >= 0.6 is 11.6 Å². The number of nitrogens with two attached hydrogens (primary N) is 1. The van der Waals surface area contributed by atoms with Gasteiger partial charge < -0.3 is 20.5 Å². The average molecular weight is 423 g/mol. The van der Waals surface area contributed by atoms with E-state index in [-0.39, 0.29) is 6.61 Å². The fourth-order valence-electron chi connectivity index (χ4n) is 1.86. The predicted octanol–water partition coefficient (Wildman–Crippen LogP) is -0.107. The Morgan fingerprint density at radius 3 is 2.33 bits per heavy atom. The van der Waals surface area contributed by atoms with Crippen LogP contribution in [0.4, 0.5) is 4.79 Å². The predicted molar refractivity (Wildman–Crippen MR) is 94.1 cm³/mol. The normalized spacial score (nSPS) is 13.3. The lowest BCUT2D eigenvalue weighted by molar-refractivity contribution is -0.144. The number of ether oxygens (including phenoxy) is 2. The van der Waals surface area contributed by atoms with Crippen molar-refractivity contribution in [3.05, 3.63) is 35.9 Å². The molecule has 0 aliphatic rings. The first-order chi connectivity index (χ1) is 12.6. The van der Waals surface area contributed by atoms with Crippen LogP contribution in [-0.4, -0.2) is 57.3 Å². The summed E-state index contributed by atoms with van der Waals surface area (Å²) in [4.78, 5) is 34.8. The van der Waals surface area contributed by atoms with E-state index in [9.17, 15) is 22.8 Å². The molecule has 0 saturated heterocycles. The van der Waals surface area contributed by atoms with Gasteiger partial charge in [0.1, 0.15) is 31.2 Å². The first-order valence-corrected chi connectivity index (χ1v) is 9.84. The van der Waals surface area contributed by atoms with E-state index in [2.05, 4.69) is 10.1 Å². The second-order valence-electron chi connectivity index (χ2n) is 5.24. The number of nitrogens with one attached hydrogen (secondary N) is 1. The van der Waals surface area contributed by atoms with Gasteiger partial charge in [0.15, 0.2) is 0 Å². The van der Waals surface area contributed by atoms with Crippen molar-refractivity contribution in [3.63, 3.8) is 0 Å². The van der Waals surface area contributed by atoms with Crippen molar-refractivity contribution in [1.29, 1.82) is 0 Å². The van der Waals surface area contributed by atoms with E-state index in [1.54, 1.807) is 30.3 Å². The number of amides is 2. The Bertz CT molecular complexity index is 756. The molecule has 1 aromatic rings. The zero-order valence-corrected chi connectivity index (χ0v) is 15.9. The summed E-state index contributed by atoms with van der Waals surface area (Å²) >= 11 is 5.28. The molecule has 150 valence electrons. The molecule has 12 heteroatoms. The van der Waals surface area contributed by atoms with Crippen LogP contribution in [0, 0.1) is 0 Å². The van der Waals surface area contributed by atoms with Crippen molar-refractivity contribution in [3.8, 4) is 0 Å². The molecule has 1 rings (SSSR count). The molecule has 0 aromatic heterocycles. The quantitative estimate of drug-likeness (QED) is 0.301. The first-order valence-electron chi connectivity index (χ1n) is 7.48. The minimum atomic E-state index is -4.07. The maximum Gasteiger partial charge on any atom is 0.408 e. The number of hydrogen-bond donors (Lipinski definition) is 2. The Balaban J connectivity index is 2.80. The van der Waals surface area contributed by atoms with Gasteiger partial charge in [-0.15, -0.1) is 11.6 Å². The van der Waals surface area contributed by atoms with E-state index >= 15 is 0 Å². The fraction of sp³-hybridized carbons (Fsp3) is 0.400. The minimum Gasteiger partial charge on any atom is -0.462 e. The molecule has 1 aromatic carbocycles. The average Bonchev–Trinajstić information content (AvgIpc) is 2.61. The van der Waals surface area contributed by atoms with E-state index in [1.165, 1.54) is 0 Å². The van der Waals surface area contributed by atoms with E-state index < -0.39 is 52.7 Å². The van der Waals surface area contributed by atoms with Crippen LogP contribution in [0.15, 0.2) is 30.3 Å². The summed E-state index contributed by atoms with van der Waals surface area (Å²) in [6.45, 7) is -0.789. The molecule has 0 aliphatic heterocycles. The van der Waals surface area contributed by atoms with Crippen LogP contribution in [0.2, 0.25) is 0 Å². The molecule has 0 radical (unpaired) electrons. The van der Waals surface area contributed by atoms with Gasteiger partial charge in [-0.2, -0.15) is 8.42 Å². The zero-order chi connectivity index (χ0) is 20.4. The van der Waals surface area contributed by atoms with Crippen molar-refractivity contribution in [2.75, 3.05) is 18.7 Å². The monoisotopic (exact) mass is 422 g/mol. The molecule has 0 unspecified atom stereocenters. The Hall–Kier alpha value is -2.37. The molecule has 27 heavy (non-hydrogen) atoms. The summed E-state index contributed by atoms with van der Waals surface area (Å²) in [6.07, 6.45) is -1.93. The first kappa shape index (κ1) is 22.7. The summed E-state index contributed by atoms with van der Waals surface area (Å²) in [5.74, 6) is -2.50. The standard InChI is InChI=1S/C15H19ClN2O8S/c1-27(22,23)26-11(9-24-12(19)7-16)13(14(17)20)18-15(21)25-8-10-5-3-2-4-6-10/h2-6,11,13H,7-9H2,1H3,(H2,17,20)(H,18,21)/t11-,13-/m0/s1. The molecule has 0 aliphatic carbocycles. The Morgan fingerprint density at radius 1 is 1.19 bits per heavy atom. The smallest absolute Gasteiger partial charge is 0.408 e. The van der Waals surface area contributed by atoms with Gasteiger partial charge in [0.25, 0.3) is 10.1 Å². The van der Waals surface area contributed by atoms with Crippen LogP contribution in [0.1, 0.15) is 5.56 Å². The van der Waals surface area contributed by atoms with Gasteiger partial charge in [0, 0.05) is 0 Å². The lowest BCUT2D eigenvalue weighted by atomic mass is 10.1. The molecule has 3 N–H and O–H groups in total. The summed E-state index contributed by atoms with van der Waals surface area (Å²) in [5, 5.41) is 2.10. The second-order valence-corrected chi connectivity index (χ2v) is 7.11. The summed E-state index contributed by atoms with van der Waals surface area (Å²) < 4.78 is 37.1. The number of benzene rings is 1. The highest BCUT2D eigenvalue weighted by atomic mass is 35.5. The van der Waals surface area contributed by atoms with Crippen molar-refractivity contribution in [2.45, 2.75) is 18.8 Å². The highest BCUT2D eigenvalue weighted by Crippen LogP contribution is 2.07. The third kappa shape index (κ3) is 9.22. The zero-order valence-electron chi connectivity index (χ0n) is 14.3. The fourth-order valence-corrected chi connectivity index (χ4v) is 2.55. The maximum absolute atomic E-state index is 11.9. The third-order valence-corrected chi connectivity index (χ3v) is 3.80. The minimum absolute atomic E-state index is 0.100. The Morgan fingerprint density at radius 2 is 1.81 bits per heavy atom. The number of rotatable bonds is 10. The number of hydrogen-bond acceptors (Lipinski definition) is 8. The van der Waals surface area contributed by atoms with Crippen LogP contribution in [0.25, 0.3) is 0 Å². The molecular weight excluding hydrogens is 404 g/mol. The van der Waals surface area contributed by atoms with Crippen LogP contribution in [0.3, 0.4) is 0 Å². The molecule has 0 heterocycles. The number of alkyl halides is 1. The number of carbonyl (C=O) groups excluding carboxylic acids is 3. The van der Waals surface area contributed by atoms with Crippen molar-refractivity contribution >= 4 is 39.7 Å². The molecule has 2 atom stereocenters. The largest absolute Gasteiger partial charge is 0.462 e. The summed E-state index contributed by atoms with van der Waals surface area (Å²) in [5.41, 5.74) is 5.88. The van der Waals surface area contributed by atoms with E-state index in [0.717, 1.165) is 6.26 Å². The molecule has 0 saturated carbocycles. The van der Waals surface area contributed by atoms with E-state index in [0.29, 0.717) is 5.56 Å². The highest BCUT2D eigenvalue weighted by Gasteiger charge is 2.33. The van der Waals surface area contributed by atoms with E-state index in [4.69, 9.17) is 26.3 Å². The van der Waals surface area contributed by atoms with Crippen LogP contribution in [0.5, 0.6) is 0 Å². The van der Waals surface area contributed by atoms with Gasteiger partial charge in [-0.05, 0) is 5.56 Å². The molecule has 0 fully saturated rings. The molecule has 10 nitrogen and oxygen atoms in total. The van der Waals surface area contributed by atoms with Gasteiger partial charge in [-0.3, -0.25) is 13.8 Å². The van der Waals surface area contributed by atoms with Gasteiger partial charge >= 0.3 is 12.1 Å². The van der Waals surface area contributed by atoms with Crippen molar-refractivity contribution in [1.82, 2.24) is 5.32 Å². The maximum atomic E-state index is 11.9. The summed E-state index contributed by atoms with van der Waals surface area (Å²) in [7, 11) is -4.07. The van der Waals surface area contributed by atoms with Crippen LogP contribution < -0.4 is 11.1 Å². The lowest BCUT2D eigenvalue weighted by Crippen LogP contribution is -2.54. The SMILES string of the molecule is CS(=O)(=O)O[C@@H](COC(=O)CCl)[C@H](NC(=O)OCc1ccccc1)C(N)=O. The van der Waals surface area contributed by atoms with Gasteiger partial charge in [0.05, 0.1) is 6.26 Å². The van der Waals surface area contributed by atoms with Crippen molar-refractivity contribution < 1.29 is 36.5 Å². The van der Waals surface area contributed by atoms with Crippen LogP contribution in [-0.2, 0) is 40.0 Å². The molecule has 2 amide bonds. The number of carbonyl (C=O) groups is 3. The van der Waals surface area contributed by atoms with Gasteiger partial charge in [-0.1, -0.05) is 30.3 Å². The second kappa shape index (κ2) is 10.7. The lowest BCUT2D eigenvalue weighted by Gasteiger charge is -2.24. The van der Waals surface area contributed by atoms with Crippen molar-refractivity contribution in [2.24, 2.45) is 5.73 Å². The highest BCUT2D eigenvalue weighted by molar-refractivity contribution is 7.86. The van der Waals surface area contributed by atoms with E-state index in [1.807, 2.05) is 0 Å². The number of alkyl carbamates (subject to hydrolysis) is 1. The molecule has 0 spiro atoms. The van der Waals surface area contributed by atoms with Gasteiger partial charge in [-0.25, -0.2) is 4.79 Å². The number of primary amides is 1. The topological polar surface area (TPSA) is 151 Å². The molecule has 0 bridgehead atoms.